The van der Waals surface area contributed by atoms with Gasteiger partial charge in [0.05, 0.1) is 6.10 Å². The zero-order valence-corrected chi connectivity index (χ0v) is 16.3. The van der Waals surface area contributed by atoms with E-state index in [4.69, 9.17) is 4.74 Å². The molecule has 6 heteroatoms. The smallest absolute Gasteiger partial charge is 0.260 e. The number of aliphatic hydroxyl groups is 1. The summed E-state index contributed by atoms with van der Waals surface area (Å²) >= 11 is 0. The Labute approximate surface area is 161 Å². The standard InChI is InChI=1S/C21H30N2O4/c1-16-5-3-4-6-18(16)27-14-20(26)22-11-9-21(10-12-22)8-7-19(25)23(15-21)13-17(2)24/h3-6,17,24H,7-15H2,1-2H3/t17-/m0/s1. The van der Waals surface area contributed by atoms with Crippen molar-refractivity contribution in [2.75, 3.05) is 32.8 Å². The summed E-state index contributed by atoms with van der Waals surface area (Å²) < 4.78 is 5.69. The van der Waals surface area contributed by atoms with Gasteiger partial charge in [-0.15, -0.1) is 0 Å². The van der Waals surface area contributed by atoms with Crippen molar-refractivity contribution in [1.29, 1.82) is 0 Å². The lowest BCUT2D eigenvalue weighted by Crippen LogP contribution is -2.53. The second-order valence-corrected chi connectivity index (χ2v) is 8.06. The minimum Gasteiger partial charge on any atom is -0.484 e. The van der Waals surface area contributed by atoms with Crippen molar-refractivity contribution in [2.45, 2.75) is 45.6 Å². The number of hydrogen-bond acceptors (Lipinski definition) is 4. The maximum Gasteiger partial charge on any atom is 0.260 e. The van der Waals surface area contributed by atoms with E-state index in [2.05, 4.69) is 0 Å². The van der Waals surface area contributed by atoms with Crippen molar-refractivity contribution in [3.8, 4) is 5.75 Å². The normalized spacial score (nSPS) is 20.6. The van der Waals surface area contributed by atoms with Gasteiger partial charge in [-0.1, -0.05) is 18.2 Å². The molecule has 2 amide bonds. The van der Waals surface area contributed by atoms with Crippen LogP contribution in [0, 0.1) is 12.3 Å². The van der Waals surface area contributed by atoms with Crippen LogP contribution in [0.3, 0.4) is 0 Å². The summed E-state index contributed by atoms with van der Waals surface area (Å²) in [5.74, 6) is 0.895. The van der Waals surface area contributed by atoms with Crippen LogP contribution in [0.25, 0.3) is 0 Å². The van der Waals surface area contributed by atoms with Crippen LogP contribution in [-0.4, -0.2) is 65.6 Å². The second kappa shape index (κ2) is 8.30. The largest absolute Gasteiger partial charge is 0.484 e. The van der Waals surface area contributed by atoms with Gasteiger partial charge in [-0.2, -0.15) is 0 Å². The number of hydrogen-bond donors (Lipinski definition) is 1. The first-order valence-corrected chi connectivity index (χ1v) is 9.81. The van der Waals surface area contributed by atoms with E-state index in [1.54, 1.807) is 11.8 Å². The number of likely N-dealkylation sites (tertiary alicyclic amines) is 2. The van der Waals surface area contributed by atoms with E-state index in [0.29, 0.717) is 32.6 Å². The Kier molecular flexibility index (Phi) is 6.05. The number of nitrogens with zero attached hydrogens (tertiary/aromatic N) is 2. The van der Waals surface area contributed by atoms with Crippen LogP contribution in [-0.2, 0) is 9.59 Å². The van der Waals surface area contributed by atoms with Crippen molar-refractivity contribution < 1.29 is 19.4 Å². The molecular formula is C21H30N2O4. The Hall–Kier alpha value is -2.08. The lowest BCUT2D eigenvalue weighted by molar-refractivity contribution is -0.144. The Morgan fingerprint density at radius 2 is 1.96 bits per heavy atom. The summed E-state index contributed by atoms with van der Waals surface area (Å²) in [6.45, 7) is 6.23. The number of β-amino-alcohol motifs (C(OH)–C–C–N with tert-alkyl or cyclic N) is 1. The maximum atomic E-state index is 12.5. The molecule has 1 atom stereocenters. The molecule has 2 aliphatic heterocycles. The van der Waals surface area contributed by atoms with Gasteiger partial charge in [-0.05, 0) is 50.2 Å². The van der Waals surface area contributed by atoms with Gasteiger partial charge in [0.2, 0.25) is 5.91 Å². The average Bonchev–Trinajstić information content (AvgIpc) is 2.64. The number of aliphatic hydroxyl groups excluding tert-OH is 1. The molecule has 6 nitrogen and oxygen atoms in total. The molecule has 2 saturated heterocycles. The van der Waals surface area contributed by atoms with Gasteiger partial charge in [0.15, 0.2) is 6.61 Å². The Morgan fingerprint density at radius 1 is 1.26 bits per heavy atom. The van der Waals surface area contributed by atoms with Gasteiger partial charge in [-0.3, -0.25) is 9.59 Å². The first-order valence-electron chi connectivity index (χ1n) is 9.81. The fourth-order valence-electron chi connectivity index (χ4n) is 4.18. The highest BCUT2D eigenvalue weighted by Gasteiger charge is 2.41. The van der Waals surface area contributed by atoms with Crippen LogP contribution in [0.4, 0.5) is 0 Å². The van der Waals surface area contributed by atoms with E-state index >= 15 is 0 Å². The lowest BCUT2D eigenvalue weighted by Gasteiger charge is -2.47. The highest BCUT2D eigenvalue weighted by atomic mass is 16.5. The molecule has 1 N–H and O–H groups in total. The predicted octanol–water partition coefficient (Wildman–Crippen LogP) is 1.99. The summed E-state index contributed by atoms with van der Waals surface area (Å²) in [5, 5.41) is 9.64. The number of aryl methyl sites for hydroxylation is 1. The summed E-state index contributed by atoms with van der Waals surface area (Å²) in [7, 11) is 0. The van der Waals surface area contributed by atoms with Crippen LogP contribution in [0.1, 0.15) is 38.2 Å². The molecule has 0 unspecified atom stereocenters. The van der Waals surface area contributed by atoms with Gasteiger partial charge < -0.3 is 19.6 Å². The molecule has 148 valence electrons. The first-order chi connectivity index (χ1) is 12.9. The number of amides is 2. The average molecular weight is 374 g/mol. The quantitative estimate of drug-likeness (QED) is 0.856. The molecule has 3 rings (SSSR count). The van der Waals surface area contributed by atoms with E-state index in [0.717, 1.165) is 30.6 Å². The van der Waals surface area contributed by atoms with E-state index in [1.165, 1.54) is 0 Å². The number of piperidine rings is 2. The molecular weight excluding hydrogens is 344 g/mol. The Morgan fingerprint density at radius 3 is 2.63 bits per heavy atom. The molecule has 1 aromatic rings. The number of para-hydroxylation sites is 1. The first kappa shape index (κ1) is 19.7. The fourth-order valence-corrected chi connectivity index (χ4v) is 4.18. The Balaban J connectivity index is 1.51. The number of benzene rings is 1. The number of rotatable bonds is 5. The van der Waals surface area contributed by atoms with Crippen LogP contribution in [0.2, 0.25) is 0 Å². The summed E-state index contributed by atoms with van der Waals surface area (Å²) in [6.07, 6.45) is 2.70. The predicted molar refractivity (Wildman–Crippen MR) is 102 cm³/mol. The van der Waals surface area contributed by atoms with E-state index < -0.39 is 6.10 Å². The molecule has 2 fully saturated rings. The fraction of sp³-hybridized carbons (Fsp3) is 0.619. The Bertz CT molecular complexity index is 681. The number of carbonyl (C=O) groups is 2. The molecule has 1 aromatic carbocycles. The number of carbonyl (C=O) groups excluding carboxylic acids is 2. The highest BCUT2D eigenvalue weighted by Crippen LogP contribution is 2.40. The van der Waals surface area contributed by atoms with Crippen molar-refractivity contribution in [1.82, 2.24) is 9.80 Å². The van der Waals surface area contributed by atoms with E-state index in [-0.39, 0.29) is 23.8 Å². The third-order valence-corrected chi connectivity index (χ3v) is 5.85. The second-order valence-electron chi connectivity index (χ2n) is 8.06. The van der Waals surface area contributed by atoms with Gasteiger partial charge >= 0.3 is 0 Å². The topological polar surface area (TPSA) is 70.1 Å². The van der Waals surface area contributed by atoms with Gasteiger partial charge in [0.25, 0.3) is 5.91 Å². The molecule has 0 aromatic heterocycles. The molecule has 1 spiro atoms. The van der Waals surface area contributed by atoms with Gasteiger partial charge in [0, 0.05) is 32.6 Å². The minimum absolute atomic E-state index is 0.0147. The van der Waals surface area contributed by atoms with Gasteiger partial charge in [0.1, 0.15) is 5.75 Å². The summed E-state index contributed by atoms with van der Waals surface area (Å²) in [6, 6.07) is 7.70. The van der Waals surface area contributed by atoms with Crippen molar-refractivity contribution in [3.05, 3.63) is 29.8 Å². The molecule has 0 bridgehead atoms. The minimum atomic E-state index is -0.510. The third-order valence-electron chi connectivity index (χ3n) is 5.85. The lowest BCUT2D eigenvalue weighted by atomic mass is 9.72. The van der Waals surface area contributed by atoms with Crippen LogP contribution >= 0.6 is 0 Å². The SMILES string of the molecule is Cc1ccccc1OCC(=O)N1CCC2(CCC(=O)N(C[C@H](C)O)C2)CC1. The summed E-state index contributed by atoms with van der Waals surface area (Å²) in [4.78, 5) is 28.3. The molecule has 27 heavy (non-hydrogen) atoms. The number of ether oxygens (including phenoxy) is 1. The van der Waals surface area contributed by atoms with Crippen molar-refractivity contribution >= 4 is 11.8 Å². The van der Waals surface area contributed by atoms with Crippen molar-refractivity contribution in [2.24, 2.45) is 5.41 Å². The van der Waals surface area contributed by atoms with E-state index in [1.807, 2.05) is 36.1 Å². The zero-order chi connectivity index (χ0) is 19.4. The summed E-state index contributed by atoms with van der Waals surface area (Å²) in [5.41, 5.74) is 1.10. The maximum absolute atomic E-state index is 12.5. The van der Waals surface area contributed by atoms with Gasteiger partial charge in [-0.25, -0.2) is 0 Å². The van der Waals surface area contributed by atoms with Crippen molar-refractivity contribution in [3.63, 3.8) is 0 Å². The van der Waals surface area contributed by atoms with E-state index in [9.17, 15) is 14.7 Å². The molecule has 2 heterocycles. The van der Waals surface area contributed by atoms with Crippen LogP contribution in [0.5, 0.6) is 5.75 Å². The monoisotopic (exact) mass is 374 g/mol. The molecule has 0 radical (unpaired) electrons. The van der Waals surface area contributed by atoms with Crippen LogP contribution in [0.15, 0.2) is 24.3 Å². The third kappa shape index (κ3) is 4.80. The molecule has 0 saturated carbocycles. The molecule has 2 aliphatic rings. The van der Waals surface area contributed by atoms with Crippen LogP contribution < -0.4 is 4.74 Å². The molecule has 0 aliphatic carbocycles. The highest BCUT2D eigenvalue weighted by molar-refractivity contribution is 5.78. The zero-order valence-electron chi connectivity index (χ0n) is 16.3.